The second-order valence-electron chi connectivity index (χ2n) is 4.66. The predicted molar refractivity (Wildman–Crippen MR) is 51.8 cm³/mol. The molecular formula is C11H19N. The van der Waals surface area contributed by atoms with Crippen molar-refractivity contribution in [2.45, 2.75) is 45.1 Å². The number of allylic oxidation sites excluding steroid dienone is 2. The summed E-state index contributed by atoms with van der Waals surface area (Å²) in [6, 6.07) is 0. The van der Waals surface area contributed by atoms with E-state index < -0.39 is 0 Å². The van der Waals surface area contributed by atoms with Gasteiger partial charge >= 0.3 is 0 Å². The van der Waals surface area contributed by atoms with Crippen LogP contribution in [0.2, 0.25) is 0 Å². The molecule has 2 aliphatic rings. The van der Waals surface area contributed by atoms with Gasteiger partial charge in [-0.25, -0.2) is 0 Å². The molecule has 1 heteroatoms. The maximum Gasteiger partial charge on any atom is 0.0221 e. The summed E-state index contributed by atoms with van der Waals surface area (Å²) in [7, 11) is 0. The Labute approximate surface area is 75.0 Å². The molecule has 0 aliphatic heterocycles. The largest absolute Gasteiger partial charge is 0.325 e. The maximum atomic E-state index is 6.09. The quantitative estimate of drug-likeness (QED) is 0.502. The van der Waals surface area contributed by atoms with Crippen molar-refractivity contribution in [3.8, 4) is 0 Å². The van der Waals surface area contributed by atoms with Gasteiger partial charge in [0.25, 0.3) is 0 Å². The molecule has 2 fully saturated rings. The van der Waals surface area contributed by atoms with Crippen molar-refractivity contribution < 1.29 is 0 Å². The summed E-state index contributed by atoms with van der Waals surface area (Å²) < 4.78 is 0. The van der Waals surface area contributed by atoms with Gasteiger partial charge in [0.1, 0.15) is 0 Å². The maximum absolute atomic E-state index is 6.09. The molecule has 0 spiro atoms. The number of nitrogens with two attached hydrogens (primary N) is 1. The van der Waals surface area contributed by atoms with Gasteiger partial charge in [0.05, 0.1) is 0 Å². The van der Waals surface area contributed by atoms with Crippen LogP contribution >= 0.6 is 0 Å². The van der Waals surface area contributed by atoms with Crippen LogP contribution in [-0.4, -0.2) is 5.54 Å². The van der Waals surface area contributed by atoms with Crippen LogP contribution in [-0.2, 0) is 0 Å². The van der Waals surface area contributed by atoms with Crippen molar-refractivity contribution in [1.82, 2.24) is 0 Å². The van der Waals surface area contributed by atoms with Gasteiger partial charge < -0.3 is 5.73 Å². The fourth-order valence-corrected chi connectivity index (χ4v) is 2.76. The minimum Gasteiger partial charge on any atom is -0.325 e. The average Bonchev–Trinajstić information content (AvgIpc) is 2.85. The topological polar surface area (TPSA) is 26.0 Å². The van der Waals surface area contributed by atoms with Crippen molar-refractivity contribution in [3.05, 3.63) is 12.2 Å². The Morgan fingerprint density at radius 1 is 1.58 bits per heavy atom. The van der Waals surface area contributed by atoms with Crippen molar-refractivity contribution >= 4 is 0 Å². The van der Waals surface area contributed by atoms with Crippen molar-refractivity contribution in [1.29, 1.82) is 0 Å². The Morgan fingerprint density at radius 3 is 2.67 bits per heavy atom. The molecule has 0 heterocycles. The first kappa shape index (κ1) is 8.31. The highest BCUT2D eigenvalue weighted by molar-refractivity contribution is 5.37. The molecule has 2 saturated carbocycles. The van der Waals surface area contributed by atoms with Crippen LogP contribution in [0.4, 0.5) is 0 Å². The van der Waals surface area contributed by atoms with Gasteiger partial charge in [-0.3, -0.25) is 0 Å². The van der Waals surface area contributed by atoms with E-state index in [0.717, 1.165) is 5.92 Å². The number of fused-ring (bicyclic) bond motifs is 1. The molecule has 2 unspecified atom stereocenters. The Morgan fingerprint density at radius 2 is 2.25 bits per heavy atom. The van der Waals surface area contributed by atoms with E-state index in [1.165, 1.54) is 25.7 Å². The van der Waals surface area contributed by atoms with Crippen LogP contribution in [0.15, 0.2) is 12.2 Å². The Hall–Kier alpha value is -0.300. The third kappa shape index (κ3) is 0.891. The molecule has 2 N–H and O–H groups in total. The molecule has 0 aromatic rings. The molecule has 0 saturated heterocycles. The van der Waals surface area contributed by atoms with Crippen LogP contribution in [0.5, 0.6) is 0 Å². The lowest BCUT2D eigenvalue weighted by atomic mass is 9.95. The summed E-state index contributed by atoms with van der Waals surface area (Å²) in [5.41, 5.74) is 6.92. The molecular weight excluding hydrogens is 146 g/mol. The first-order chi connectivity index (χ1) is 5.65. The number of hydrogen-bond acceptors (Lipinski definition) is 1. The van der Waals surface area contributed by atoms with E-state index in [2.05, 4.69) is 26.0 Å². The number of hydrogen-bond donors (Lipinski definition) is 1. The van der Waals surface area contributed by atoms with Crippen LogP contribution < -0.4 is 5.73 Å². The van der Waals surface area contributed by atoms with Crippen LogP contribution in [0.3, 0.4) is 0 Å². The van der Waals surface area contributed by atoms with Crippen LogP contribution in [0, 0.1) is 11.3 Å². The lowest BCUT2D eigenvalue weighted by molar-refractivity contribution is 0.412. The van der Waals surface area contributed by atoms with Gasteiger partial charge in [-0.15, -0.1) is 0 Å². The van der Waals surface area contributed by atoms with E-state index in [-0.39, 0.29) is 5.54 Å². The minimum absolute atomic E-state index is 0.225. The normalized spacial score (nSPS) is 49.4. The SMILES string of the molecule is C/C=C/CCC[C@@]12CC1C2(C)N. The molecule has 3 atom stereocenters. The minimum atomic E-state index is 0.225. The van der Waals surface area contributed by atoms with Gasteiger partial charge in [0.15, 0.2) is 0 Å². The average molecular weight is 165 g/mol. The lowest BCUT2D eigenvalue weighted by Gasteiger charge is -2.16. The van der Waals surface area contributed by atoms with Crippen molar-refractivity contribution in [2.75, 3.05) is 0 Å². The molecule has 1 nitrogen and oxygen atoms in total. The first-order valence-electron chi connectivity index (χ1n) is 5.05. The summed E-state index contributed by atoms with van der Waals surface area (Å²) in [6.45, 7) is 4.30. The lowest BCUT2D eigenvalue weighted by Crippen LogP contribution is -2.31. The monoisotopic (exact) mass is 165 g/mol. The predicted octanol–water partition coefficient (Wildman–Crippen LogP) is 2.47. The molecule has 68 valence electrons. The summed E-state index contributed by atoms with van der Waals surface area (Å²) in [5, 5.41) is 0. The summed E-state index contributed by atoms with van der Waals surface area (Å²) in [4.78, 5) is 0. The summed E-state index contributed by atoms with van der Waals surface area (Å²) in [5.74, 6) is 0.885. The standard InChI is InChI=1S/C11H19N/c1-3-4-5-6-7-11-8-9(11)10(11,2)12/h3-4,9H,5-8,12H2,1-2H3/b4-3+/t9?,10?,11-/m1/s1. The third-order valence-corrected chi connectivity index (χ3v) is 4.02. The van der Waals surface area contributed by atoms with Gasteiger partial charge in [0, 0.05) is 5.54 Å². The first-order valence-corrected chi connectivity index (χ1v) is 5.05. The molecule has 2 aliphatic carbocycles. The van der Waals surface area contributed by atoms with E-state index in [1.54, 1.807) is 0 Å². The van der Waals surface area contributed by atoms with Gasteiger partial charge in [-0.05, 0) is 50.9 Å². The third-order valence-electron chi connectivity index (χ3n) is 4.02. The molecule has 12 heavy (non-hydrogen) atoms. The Kier molecular flexibility index (Phi) is 1.63. The Bertz CT molecular complexity index is 217. The highest BCUT2D eigenvalue weighted by Gasteiger charge is 2.83. The van der Waals surface area contributed by atoms with E-state index >= 15 is 0 Å². The summed E-state index contributed by atoms with van der Waals surface area (Å²) in [6.07, 6.45) is 9.72. The number of unbranched alkanes of at least 4 members (excludes halogenated alkanes) is 1. The second-order valence-corrected chi connectivity index (χ2v) is 4.66. The van der Waals surface area contributed by atoms with Crippen LogP contribution in [0.1, 0.15) is 39.5 Å². The molecule has 0 aromatic heterocycles. The highest BCUT2D eigenvalue weighted by Crippen LogP contribution is 2.82. The number of rotatable bonds is 4. The second kappa shape index (κ2) is 2.35. The smallest absolute Gasteiger partial charge is 0.0221 e. The summed E-state index contributed by atoms with van der Waals surface area (Å²) >= 11 is 0. The molecule has 0 bridgehead atoms. The van der Waals surface area contributed by atoms with Crippen LogP contribution in [0.25, 0.3) is 0 Å². The zero-order valence-electron chi connectivity index (χ0n) is 8.14. The molecule has 2 rings (SSSR count). The Balaban J connectivity index is 1.70. The molecule has 0 amide bonds. The van der Waals surface area contributed by atoms with Crippen molar-refractivity contribution in [2.24, 2.45) is 17.1 Å². The zero-order valence-corrected chi connectivity index (χ0v) is 8.14. The van der Waals surface area contributed by atoms with Crippen molar-refractivity contribution in [3.63, 3.8) is 0 Å². The fourth-order valence-electron chi connectivity index (χ4n) is 2.76. The van der Waals surface area contributed by atoms with E-state index in [0.29, 0.717) is 5.41 Å². The molecule has 0 aromatic carbocycles. The van der Waals surface area contributed by atoms with E-state index in [4.69, 9.17) is 5.73 Å². The zero-order chi connectivity index (χ0) is 8.82. The van der Waals surface area contributed by atoms with Gasteiger partial charge in [-0.1, -0.05) is 12.2 Å². The fraction of sp³-hybridized carbons (Fsp3) is 0.818. The van der Waals surface area contributed by atoms with Gasteiger partial charge in [-0.2, -0.15) is 0 Å². The van der Waals surface area contributed by atoms with Gasteiger partial charge in [0.2, 0.25) is 0 Å². The van der Waals surface area contributed by atoms with E-state index in [9.17, 15) is 0 Å². The van der Waals surface area contributed by atoms with E-state index in [1.807, 2.05) is 0 Å². The molecule has 0 radical (unpaired) electrons. The highest BCUT2D eigenvalue weighted by atomic mass is 15.0.